The number of urea groups is 1. The van der Waals surface area contributed by atoms with Gasteiger partial charge in [0.25, 0.3) is 0 Å². The van der Waals surface area contributed by atoms with Gasteiger partial charge >= 0.3 is 12.0 Å². The standard InChI is InChI=1S/C14H16N2O4S/c1-2-7-21-8-6-15-14(19)16-11-4-3-5-12(9-11)20-10-13(17)18/h1,3-5,9H,6-8,10H2,(H,17,18)(H2,15,16,19). The summed E-state index contributed by atoms with van der Waals surface area (Å²) >= 11 is 1.56. The summed E-state index contributed by atoms with van der Waals surface area (Å²) in [6.07, 6.45) is 5.11. The summed E-state index contributed by atoms with van der Waals surface area (Å²) in [6, 6.07) is 6.17. The van der Waals surface area contributed by atoms with Gasteiger partial charge in [-0.05, 0) is 12.1 Å². The molecule has 0 aliphatic rings. The van der Waals surface area contributed by atoms with Crippen LogP contribution in [0.25, 0.3) is 0 Å². The van der Waals surface area contributed by atoms with Gasteiger partial charge in [-0.2, -0.15) is 0 Å². The molecule has 0 fully saturated rings. The van der Waals surface area contributed by atoms with Crippen LogP contribution in [0.15, 0.2) is 24.3 Å². The van der Waals surface area contributed by atoms with Crippen molar-refractivity contribution < 1.29 is 19.4 Å². The Morgan fingerprint density at radius 2 is 2.24 bits per heavy atom. The summed E-state index contributed by atoms with van der Waals surface area (Å²) in [4.78, 5) is 22.0. The van der Waals surface area contributed by atoms with Gasteiger partial charge in [-0.15, -0.1) is 18.2 Å². The number of hydrogen-bond donors (Lipinski definition) is 3. The average molecular weight is 308 g/mol. The van der Waals surface area contributed by atoms with Gasteiger partial charge < -0.3 is 20.5 Å². The van der Waals surface area contributed by atoms with Crippen LogP contribution in [0.3, 0.4) is 0 Å². The highest BCUT2D eigenvalue weighted by atomic mass is 32.2. The molecule has 1 rings (SSSR count). The highest BCUT2D eigenvalue weighted by Gasteiger charge is 2.03. The van der Waals surface area contributed by atoms with Crippen LogP contribution in [-0.2, 0) is 4.79 Å². The molecule has 6 nitrogen and oxygen atoms in total. The summed E-state index contributed by atoms with van der Waals surface area (Å²) < 4.78 is 5.02. The van der Waals surface area contributed by atoms with Crippen LogP contribution < -0.4 is 15.4 Å². The fraction of sp³-hybridized carbons (Fsp3) is 0.286. The summed E-state index contributed by atoms with van der Waals surface area (Å²) in [5.41, 5.74) is 0.520. The van der Waals surface area contributed by atoms with Crippen LogP contribution in [-0.4, -0.2) is 41.8 Å². The third-order valence-corrected chi connectivity index (χ3v) is 3.04. The van der Waals surface area contributed by atoms with E-state index < -0.39 is 12.6 Å². The Bertz CT molecular complexity index is 528. The highest BCUT2D eigenvalue weighted by molar-refractivity contribution is 7.99. The van der Waals surface area contributed by atoms with E-state index in [1.54, 1.807) is 36.0 Å². The van der Waals surface area contributed by atoms with Crippen LogP contribution in [0, 0.1) is 12.3 Å². The number of carboxylic acid groups (broad SMARTS) is 1. The maximum atomic E-state index is 11.6. The lowest BCUT2D eigenvalue weighted by molar-refractivity contribution is -0.139. The molecule has 0 aromatic heterocycles. The minimum absolute atomic E-state index is 0.341. The van der Waals surface area contributed by atoms with Gasteiger partial charge in [-0.3, -0.25) is 0 Å². The number of hydrogen-bond acceptors (Lipinski definition) is 4. The molecule has 2 amide bonds. The lowest BCUT2D eigenvalue weighted by atomic mass is 10.3. The number of carboxylic acids is 1. The first-order valence-electron chi connectivity index (χ1n) is 6.12. The predicted octanol–water partition coefficient (Wildman–Crippen LogP) is 1.64. The van der Waals surface area contributed by atoms with E-state index in [4.69, 9.17) is 16.3 Å². The maximum Gasteiger partial charge on any atom is 0.341 e. The van der Waals surface area contributed by atoms with Crippen molar-refractivity contribution >= 4 is 29.4 Å². The second kappa shape index (κ2) is 9.55. The number of carbonyl (C=O) groups is 2. The molecule has 0 aliphatic heterocycles. The van der Waals surface area contributed by atoms with E-state index in [1.165, 1.54) is 0 Å². The third kappa shape index (κ3) is 7.74. The van der Waals surface area contributed by atoms with Gasteiger partial charge in [-0.25, -0.2) is 9.59 Å². The molecule has 1 aromatic rings. The topological polar surface area (TPSA) is 87.7 Å². The molecule has 0 atom stereocenters. The first-order chi connectivity index (χ1) is 10.1. The zero-order chi connectivity index (χ0) is 15.5. The number of rotatable bonds is 8. The van der Waals surface area contributed by atoms with E-state index >= 15 is 0 Å². The summed E-state index contributed by atoms with van der Waals surface area (Å²) in [5, 5.41) is 13.8. The van der Waals surface area contributed by atoms with Crippen molar-refractivity contribution in [3.63, 3.8) is 0 Å². The van der Waals surface area contributed by atoms with Crippen molar-refractivity contribution in [1.29, 1.82) is 0 Å². The zero-order valence-corrected chi connectivity index (χ0v) is 12.1. The van der Waals surface area contributed by atoms with Crippen molar-refractivity contribution in [1.82, 2.24) is 5.32 Å². The molecule has 1 aromatic carbocycles. The molecule has 0 bridgehead atoms. The quantitative estimate of drug-likeness (QED) is 0.502. The molecule has 0 unspecified atom stereocenters. The normalized spacial score (nSPS) is 9.48. The van der Waals surface area contributed by atoms with Crippen molar-refractivity contribution in [2.45, 2.75) is 0 Å². The summed E-state index contributed by atoms with van der Waals surface area (Å²) in [5.74, 6) is 3.17. The number of terminal acetylenes is 1. The largest absolute Gasteiger partial charge is 0.482 e. The summed E-state index contributed by atoms with van der Waals surface area (Å²) in [7, 11) is 0. The van der Waals surface area contributed by atoms with Crippen molar-refractivity contribution in [3.05, 3.63) is 24.3 Å². The number of ether oxygens (including phenoxy) is 1. The Kier molecular flexibility index (Phi) is 7.61. The molecule has 112 valence electrons. The molecule has 0 radical (unpaired) electrons. The van der Waals surface area contributed by atoms with E-state index in [2.05, 4.69) is 16.6 Å². The van der Waals surface area contributed by atoms with E-state index in [0.717, 1.165) is 5.75 Å². The monoisotopic (exact) mass is 308 g/mol. The van der Waals surface area contributed by atoms with Crippen LogP contribution in [0.4, 0.5) is 10.5 Å². The number of anilines is 1. The van der Waals surface area contributed by atoms with Crippen LogP contribution in [0.2, 0.25) is 0 Å². The van der Waals surface area contributed by atoms with Gasteiger partial charge in [0.15, 0.2) is 6.61 Å². The van der Waals surface area contributed by atoms with Crippen LogP contribution in [0.1, 0.15) is 0 Å². The number of amides is 2. The molecule has 21 heavy (non-hydrogen) atoms. The number of benzene rings is 1. The number of carbonyl (C=O) groups excluding carboxylic acids is 1. The molecule has 0 heterocycles. The average Bonchev–Trinajstić information content (AvgIpc) is 2.45. The molecular weight excluding hydrogens is 292 g/mol. The smallest absolute Gasteiger partial charge is 0.341 e. The van der Waals surface area contributed by atoms with Gasteiger partial charge in [0, 0.05) is 24.1 Å². The fourth-order valence-corrected chi connectivity index (χ4v) is 1.86. The molecule has 0 saturated carbocycles. The Balaban J connectivity index is 2.36. The lowest BCUT2D eigenvalue weighted by Gasteiger charge is -2.09. The molecule has 7 heteroatoms. The van der Waals surface area contributed by atoms with Crippen molar-refractivity contribution in [3.8, 4) is 18.1 Å². The zero-order valence-electron chi connectivity index (χ0n) is 11.3. The number of thioether (sulfide) groups is 1. The van der Waals surface area contributed by atoms with Crippen molar-refractivity contribution in [2.24, 2.45) is 0 Å². The predicted molar refractivity (Wildman–Crippen MR) is 82.8 cm³/mol. The maximum absolute atomic E-state index is 11.6. The molecule has 0 spiro atoms. The first kappa shape index (κ1) is 16.7. The van der Waals surface area contributed by atoms with Crippen molar-refractivity contribution in [2.75, 3.05) is 30.0 Å². The van der Waals surface area contributed by atoms with Gasteiger partial charge in [-0.1, -0.05) is 12.0 Å². The van der Waals surface area contributed by atoms with Gasteiger partial charge in [0.1, 0.15) is 5.75 Å². The molecule has 0 saturated heterocycles. The van der Waals surface area contributed by atoms with E-state index in [9.17, 15) is 9.59 Å². The highest BCUT2D eigenvalue weighted by Crippen LogP contribution is 2.17. The minimum atomic E-state index is -1.06. The Labute approximate surface area is 127 Å². The molecule has 3 N–H and O–H groups in total. The van der Waals surface area contributed by atoms with Gasteiger partial charge in [0.05, 0.1) is 5.75 Å². The first-order valence-corrected chi connectivity index (χ1v) is 7.28. The Hall–Kier alpha value is -2.33. The SMILES string of the molecule is C#CCSCCNC(=O)Nc1cccc(OCC(=O)O)c1. The molecular formula is C14H16N2O4S. The third-order valence-electron chi connectivity index (χ3n) is 2.17. The Morgan fingerprint density at radius 3 is 2.95 bits per heavy atom. The number of aliphatic carboxylic acids is 1. The van der Waals surface area contributed by atoms with Crippen LogP contribution >= 0.6 is 11.8 Å². The van der Waals surface area contributed by atoms with E-state index in [1.807, 2.05) is 0 Å². The lowest BCUT2D eigenvalue weighted by Crippen LogP contribution is -2.30. The number of nitrogens with one attached hydrogen (secondary N) is 2. The fourth-order valence-electron chi connectivity index (χ4n) is 1.35. The summed E-state index contributed by atoms with van der Waals surface area (Å²) in [6.45, 7) is 0.0788. The van der Waals surface area contributed by atoms with E-state index in [-0.39, 0.29) is 6.03 Å². The van der Waals surface area contributed by atoms with Gasteiger partial charge in [0.2, 0.25) is 0 Å². The Morgan fingerprint density at radius 1 is 1.43 bits per heavy atom. The minimum Gasteiger partial charge on any atom is -0.482 e. The second-order valence-corrected chi connectivity index (χ2v) is 4.95. The second-order valence-electron chi connectivity index (χ2n) is 3.85. The molecule has 0 aliphatic carbocycles. The van der Waals surface area contributed by atoms with Crippen LogP contribution in [0.5, 0.6) is 5.75 Å². The van der Waals surface area contributed by atoms with E-state index in [0.29, 0.717) is 23.7 Å².